The molecule has 0 fully saturated rings. The number of esters is 1. The number of carbonyl (C=O) groups excluding carboxylic acids is 2. The summed E-state index contributed by atoms with van der Waals surface area (Å²) in [7, 11) is 1.48. The lowest BCUT2D eigenvalue weighted by atomic mass is 10.2. The molecular weight excluding hydrogens is 322 g/mol. The van der Waals surface area contributed by atoms with Crippen LogP contribution in [0.3, 0.4) is 0 Å². The third kappa shape index (κ3) is 5.84. The summed E-state index contributed by atoms with van der Waals surface area (Å²) in [5, 5.41) is 2.50. The summed E-state index contributed by atoms with van der Waals surface area (Å²) in [6, 6.07) is 14.4. The van der Waals surface area contributed by atoms with Crippen molar-refractivity contribution >= 4 is 11.9 Å². The molecule has 0 bridgehead atoms. The van der Waals surface area contributed by atoms with Crippen molar-refractivity contribution in [3.63, 3.8) is 0 Å². The zero-order valence-corrected chi connectivity index (χ0v) is 14.3. The fourth-order valence-electron chi connectivity index (χ4n) is 2.08. The van der Waals surface area contributed by atoms with Crippen LogP contribution in [0.1, 0.15) is 15.9 Å². The van der Waals surface area contributed by atoms with E-state index in [2.05, 4.69) is 5.32 Å². The van der Waals surface area contributed by atoms with Crippen molar-refractivity contribution in [2.45, 2.75) is 6.92 Å². The normalized spacial score (nSPS) is 10.0. The molecule has 0 radical (unpaired) electrons. The van der Waals surface area contributed by atoms with Crippen LogP contribution in [-0.2, 0) is 9.53 Å². The van der Waals surface area contributed by atoms with Crippen molar-refractivity contribution in [1.29, 1.82) is 0 Å². The van der Waals surface area contributed by atoms with Crippen molar-refractivity contribution in [3.8, 4) is 11.5 Å². The molecule has 2 aromatic rings. The number of aryl methyl sites for hydroxylation is 1. The molecule has 132 valence electrons. The highest BCUT2D eigenvalue weighted by atomic mass is 16.6. The van der Waals surface area contributed by atoms with Crippen LogP contribution in [-0.4, -0.2) is 38.7 Å². The summed E-state index contributed by atoms with van der Waals surface area (Å²) < 4.78 is 15.6. The monoisotopic (exact) mass is 343 g/mol. The fourth-order valence-corrected chi connectivity index (χ4v) is 2.08. The summed E-state index contributed by atoms with van der Waals surface area (Å²) in [5.41, 5.74) is 1.50. The molecule has 0 saturated carbocycles. The first-order chi connectivity index (χ1) is 12.1. The minimum Gasteiger partial charge on any atom is -0.496 e. The second-order valence-corrected chi connectivity index (χ2v) is 5.26. The van der Waals surface area contributed by atoms with E-state index >= 15 is 0 Å². The van der Waals surface area contributed by atoms with Gasteiger partial charge in [0.05, 0.1) is 12.7 Å². The van der Waals surface area contributed by atoms with Crippen LogP contribution in [0, 0.1) is 6.92 Å². The number of hydrogen-bond donors (Lipinski definition) is 1. The van der Waals surface area contributed by atoms with Crippen molar-refractivity contribution in [2.24, 2.45) is 0 Å². The molecule has 25 heavy (non-hydrogen) atoms. The van der Waals surface area contributed by atoms with Crippen LogP contribution in [0.5, 0.6) is 11.5 Å². The number of benzene rings is 2. The molecule has 6 nitrogen and oxygen atoms in total. The van der Waals surface area contributed by atoms with Gasteiger partial charge in [0.1, 0.15) is 31.3 Å². The topological polar surface area (TPSA) is 73.9 Å². The Labute approximate surface area is 146 Å². The van der Waals surface area contributed by atoms with Crippen molar-refractivity contribution in [1.82, 2.24) is 5.32 Å². The first-order valence-electron chi connectivity index (χ1n) is 7.86. The molecule has 0 aliphatic carbocycles. The number of ether oxygens (including phenoxy) is 3. The van der Waals surface area contributed by atoms with Gasteiger partial charge >= 0.3 is 5.97 Å². The number of carbonyl (C=O) groups is 2. The third-order valence-corrected chi connectivity index (χ3v) is 3.38. The smallest absolute Gasteiger partial charge is 0.325 e. The molecule has 2 rings (SSSR count). The van der Waals surface area contributed by atoms with Gasteiger partial charge in [-0.25, -0.2) is 0 Å². The van der Waals surface area contributed by atoms with Gasteiger partial charge in [0, 0.05) is 0 Å². The van der Waals surface area contributed by atoms with Crippen molar-refractivity contribution in [2.75, 3.05) is 26.9 Å². The van der Waals surface area contributed by atoms with Gasteiger partial charge in [-0.3, -0.25) is 9.59 Å². The third-order valence-electron chi connectivity index (χ3n) is 3.38. The largest absolute Gasteiger partial charge is 0.496 e. The molecule has 0 spiro atoms. The quantitative estimate of drug-likeness (QED) is 0.588. The summed E-state index contributed by atoms with van der Waals surface area (Å²) in [6.45, 7) is 2.12. The van der Waals surface area contributed by atoms with Crippen LogP contribution >= 0.6 is 0 Å². The standard InChI is InChI=1S/C19H21NO5/c1-14-7-9-15(10-8-14)24-11-12-25-18(21)13-20-19(22)16-5-3-4-6-17(16)23-2/h3-10H,11-13H2,1-2H3,(H,20,22). The number of amides is 1. The Morgan fingerprint density at radius 1 is 1.00 bits per heavy atom. The van der Waals surface area contributed by atoms with E-state index in [4.69, 9.17) is 14.2 Å². The van der Waals surface area contributed by atoms with E-state index < -0.39 is 11.9 Å². The van der Waals surface area contributed by atoms with Gasteiger partial charge in [0.25, 0.3) is 5.91 Å². The van der Waals surface area contributed by atoms with Gasteiger partial charge in [-0.15, -0.1) is 0 Å². The Morgan fingerprint density at radius 2 is 1.72 bits per heavy atom. The van der Waals surface area contributed by atoms with Crippen LogP contribution in [0.25, 0.3) is 0 Å². The first kappa shape index (κ1) is 18.3. The molecule has 1 amide bonds. The van der Waals surface area contributed by atoms with E-state index in [0.29, 0.717) is 17.1 Å². The second kappa shape index (κ2) is 9.32. The van der Waals surface area contributed by atoms with E-state index in [0.717, 1.165) is 5.56 Å². The van der Waals surface area contributed by atoms with Gasteiger partial charge < -0.3 is 19.5 Å². The van der Waals surface area contributed by atoms with Gasteiger partial charge in [0.15, 0.2) is 0 Å². The molecule has 6 heteroatoms. The van der Waals surface area contributed by atoms with Gasteiger partial charge in [0.2, 0.25) is 0 Å². The van der Waals surface area contributed by atoms with E-state index in [1.165, 1.54) is 7.11 Å². The lowest BCUT2D eigenvalue weighted by Crippen LogP contribution is -2.31. The zero-order valence-electron chi connectivity index (χ0n) is 14.3. The zero-order chi connectivity index (χ0) is 18.1. The average Bonchev–Trinajstić information content (AvgIpc) is 2.64. The number of nitrogens with one attached hydrogen (secondary N) is 1. The molecule has 0 unspecified atom stereocenters. The first-order valence-corrected chi connectivity index (χ1v) is 7.86. The van der Waals surface area contributed by atoms with Gasteiger partial charge in [-0.05, 0) is 31.2 Å². The Morgan fingerprint density at radius 3 is 2.44 bits per heavy atom. The fraction of sp³-hybridized carbons (Fsp3) is 0.263. The second-order valence-electron chi connectivity index (χ2n) is 5.26. The van der Waals surface area contributed by atoms with Crippen LogP contribution in [0.15, 0.2) is 48.5 Å². The van der Waals surface area contributed by atoms with E-state index in [9.17, 15) is 9.59 Å². The Hall–Kier alpha value is -3.02. The Balaban J connectivity index is 1.68. The maximum Gasteiger partial charge on any atom is 0.325 e. The SMILES string of the molecule is COc1ccccc1C(=O)NCC(=O)OCCOc1ccc(C)cc1. The maximum absolute atomic E-state index is 12.0. The van der Waals surface area contributed by atoms with E-state index in [-0.39, 0.29) is 19.8 Å². The Kier molecular flexibility index (Phi) is 6.83. The molecular formula is C19H21NO5. The molecule has 0 saturated heterocycles. The summed E-state index contributed by atoms with van der Waals surface area (Å²) in [6.07, 6.45) is 0. The highest BCUT2D eigenvalue weighted by Gasteiger charge is 2.13. The van der Waals surface area contributed by atoms with Gasteiger partial charge in [-0.2, -0.15) is 0 Å². The number of hydrogen-bond acceptors (Lipinski definition) is 5. The minimum atomic E-state index is -0.532. The molecule has 0 atom stereocenters. The summed E-state index contributed by atoms with van der Waals surface area (Å²) in [4.78, 5) is 23.7. The molecule has 0 aliphatic heterocycles. The lowest BCUT2D eigenvalue weighted by molar-refractivity contribution is -0.143. The molecule has 0 aliphatic rings. The van der Waals surface area contributed by atoms with Crippen LogP contribution in [0.4, 0.5) is 0 Å². The summed E-state index contributed by atoms with van der Waals surface area (Å²) in [5.74, 6) is 0.229. The number of rotatable bonds is 8. The van der Waals surface area contributed by atoms with Crippen molar-refractivity contribution in [3.05, 3.63) is 59.7 Å². The molecule has 1 N–H and O–H groups in total. The number of para-hydroxylation sites is 1. The predicted octanol–water partition coefficient (Wildman–Crippen LogP) is 2.36. The molecule has 0 heterocycles. The van der Waals surface area contributed by atoms with Crippen LogP contribution < -0.4 is 14.8 Å². The predicted molar refractivity (Wildman–Crippen MR) is 93.0 cm³/mol. The average molecular weight is 343 g/mol. The van der Waals surface area contributed by atoms with Gasteiger partial charge in [-0.1, -0.05) is 29.8 Å². The van der Waals surface area contributed by atoms with E-state index in [1.807, 2.05) is 31.2 Å². The minimum absolute atomic E-state index is 0.108. The Bertz CT molecular complexity index is 712. The summed E-state index contributed by atoms with van der Waals surface area (Å²) >= 11 is 0. The van der Waals surface area contributed by atoms with Crippen LogP contribution in [0.2, 0.25) is 0 Å². The molecule has 2 aromatic carbocycles. The highest BCUT2D eigenvalue weighted by Crippen LogP contribution is 2.16. The van der Waals surface area contributed by atoms with Crippen molar-refractivity contribution < 1.29 is 23.8 Å². The number of methoxy groups -OCH3 is 1. The highest BCUT2D eigenvalue weighted by molar-refractivity contribution is 5.98. The lowest BCUT2D eigenvalue weighted by Gasteiger charge is -2.10. The maximum atomic E-state index is 12.0. The molecule has 0 aromatic heterocycles. The van der Waals surface area contributed by atoms with E-state index in [1.54, 1.807) is 24.3 Å².